The predicted octanol–water partition coefficient (Wildman–Crippen LogP) is 4.29. The molecule has 0 aliphatic carbocycles. The normalized spacial score (nSPS) is 13.0. The molecule has 0 amide bonds. The van der Waals surface area contributed by atoms with Crippen LogP contribution in [0, 0.1) is 0 Å². The van der Waals surface area contributed by atoms with E-state index in [2.05, 4.69) is 83.1 Å². The first-order valence-corrected chi connectivity index (χ1v) is 15.8. The molecule has 0 N–H and O–H groups in total. The van der Waals surface area contributed by atoms with Gasteiger partial charge in [0.2, 0.25) is 0 Å². The first-order chi connectivity index (χ1) is 16.7. The third-order valence-corrected chi connectivity index (χ3v) is 13.8. The van der Waals surface area contributed by atoms with Gasteiger partial charge in [-0.1, -0.05) is 0 Å². The van der Waals surface area contributed by atoms with E-state index in [0.717, 1.165) is 10.6 Å². The van der Waals surface area contributed by atoms with Crippen molar-refractivity contribution in [3.63, 3.8) is 0 Å². The fourth-order valence-corrected chi connectivity index (χ4v) is 14.6. The van der Waals surface area contributed by atoms with Crippen molar-refractivity contribution in [1.82, 2.24) is 0 Å². The summed E-state index contributed by atoms with van der Waals surface area (Å²) in [7, 11) is -1.96. The fraction of sp³-hybridized carbons (Fsp3) is 0.600. The molecule has 0 saturated heterocycles. The topological polar surface area (TPSA) is 0 Å². The van der Waals surface area contributed by atoms with E-state index in [1.807, 2.05) is 0 Å². The molecule has 0 unspecified atom stereocenters. The Morgan fingerprint density at radius 1 is 0.390 bits per heavy atom. The molecular formula is C30H46Cl2F6P2Pd+2. The molecule has 2 aromatic carbocycles. The Hall–Kier alpha value is 0.122. The molecule has 0 fully saturated rings. The van der Waals surface area contributed by atoms with Gasteiger partial charge in [-0.25, -0.2) is 0 Å². The van der Waals surface area contributed by atoms with E-state index < -0.39 is 39.3 Å². The van der Waals surface area contributed by atoms with Gasteiger partial charge >= 0.3 is 32.8 Å². The molecule has 11 heteroatoms. The molecule has 0 aliphatic heterocycles. The largest absolute Gasteiger partial charge is 2.00 e. The summed E-state index contributed by atoms with van der Waals surface area (Å²) in [6.45, 7) is 26.1. The average molecular weight is 760 g/mol. The summed E-state index contributed by atoms with van der Waals surface area (Å²) >= 11 is 0. The summed E-state index contributed by atoms with van der Waals surface area (Å²) in [6, 6.07) is 11.5. The van der Waals surface area contributed by atoms with E-state index >= 15 is 0 Å². The van der Waals surface area contributed by atoms with Crippen molar-refractivity contribution in [3.8, 4) is 0 Å². The van der Waals surface area contributed by atoms with E-state index in [0.29, 0.717) is 0 Å². The zero-order chi connectivity index (χ0) is 30.1. The van der Waals surface area contributed by atoms with Crippen molar-refractivity contribution in [1.29, 1.82) is 0 Å². The molecule has 0 atom stereocenters. The maximum atomic E-state index is 12.6. The maximum Gasteiger partial charge on any atom is 2.00 e. The Bertz CT molecular complexity index is 913. The molecule has 0 bridgehead atoms. The molecular weight excluding hydrogens is 714 g/mol. The standard InChI is InChI=1S/2C15H22F3P.2ClH.Pd/c2*1-13(2,3)19(14(4,5)6)12-9-7-11(8-10-12)15(16,17)18;;;/h2*7-10H,1-6H3;2*1H;/q;;;;+2. The van der Waals surface area contributed by atoms with Gasteiger partial charge in [-0.3, -0.25) is 0 Å². The van der Waals surface area contributed by atoms with Gasteiger partial charge in [-0.05, 0) is 132 Å². The maximum absolute atomic E-state index is 12.6. The van der Waals surface area contributed by atoms with E-state index in [9.17, 15) is 26.3 Å². The quantitative estimate of drug-likeness (QED) is 0.244. The van der Waals surface area contributed by atoms with Gasteiger partial charge in [0.25, 0.3) is 0 Å². The minimum atomic E-state index is -4.26. The molecule has 2 aromatic rings. The number of benzene rings is 2. The molecule has 240 valence electrons. The summed E-state index contributed by atoms with van der Waals surface area (Å²) in [5, 5.41) is 2.53. The first kappa shape index (κ1) is 45.6. The monoisotopic (exact) mass is 758 g/mol. The van der Waals surface area contributed by atoms with Crippen molar-refractivity contribution in [2.45, 2.75) is 116 Å². The predicted molar refractivity (Wildman–Crippen MR) is 158 cm³/mol. The van der Waals surface area contributed by atoms with Gasteiger partial charge in [0.15, 0.2) is 0 Å². The van der Waals surface area contributed by atoms with Crippen molar-refractivity contribution < 1.29 is 71.6 Å². The zero-order valence-electron chi connectivity index (χ0n) is 26.0. The molecule has 0 spiro atoms. The average Bonchev–Trinajstić information content (AvgIpc) is 2.63. The van der Waals surface area contributed by atoms with E-state index in [-0.39, 0.29) is 65.9 Å². The van der Waals surface area contributed by atoms with Crippen LogP contribution in [0.1, 0.15) is 94.2 Å². The van der Waals surface area contributed by atoms with Crippen LogP contribution in [0.5, 0.6) is 0 Å². The summed E-state index contributed by atoms with van der Waals surface area (Å²) < 4.78 is 75.6. The van der Waals surface area contributed by atoms with Gasteiger partial charge in [0.05, 0.1) is 42.4 Å². The molecule has 41 heavy (non-hydrogen) atoms. The van der Waals surface area contributed by atoms with Crippen LogP contribution in [0.2, 0.25) is 0 Å². The van der Waals surface area contributed by atoms with E-state index in [1.54, 1.807) is 24.3 Å². The van der Waals surface area contributed by atoms with E-state index in [1.165, 1.54) is 24.3 Å². The van der Waals surface area contributed by atoms with Crippen LogP contribution in [0.15, 0.2) is 48.5 Å². The Kier molecular flexibility index (Phi) is 17.7. The smallest absolute Gasteiger partial charge is 1.00 e. The number of hydrogen-bond acceptors (Lipinski definition) is 0. The molecule has 0 heterocycles. The minimum absolute atomic E-state index is 0. The summed E-state index contributed by atoms with van der Waals surface area (Å²) in [5.74, 6) is 0. The van der Waals surface area contributed by atoms with Crippen LogP contribution in [-0.2, 0) is 32.8 Å². The fourth-order valence-electron chi connectivity index (χ4n) is 5.63. The van der Waals surface area contributed by atoms with E-state index in [4.69, 9.17) is 0 Å². The van der Waals surface area contributed by atoms with Gasteiger partial charge in [0.1, 0.15) is 0 Å². The first-order valence-electron chi connectivity index (χ1n) is 12.8. The molecule has 0 nitrogen and oxygen atoms in total. The van der Waals surface area contributed by atoms with Crippen molar-refractivity contribution in [2.75, 3.05) is 0 Å². The zero-order valence-corrected chi connectivity index (χ0v) is 31.0. The molecule has 2 rings (SSSR count). The van der Waals surface area contributed by atoms with Gasteiger partial charge in [0, 0.05) is 15.8 Å². The second-order valence-corrected chi connectivity index (χ2v) is 22.6. The Labute approximate surface area is 272 Å². The van der Waals surface area contributed by atoms with Crippen LogP contribution in [-0.4, -0.2) is 20.6 Å². The number of rotatable bonds is 2. The molecule has 0 aliphatic rings. The van der Waals surface area contributed by atoms with Crippen molar-refractivity contribution in [3.05, 3.63) is 59.7 Å². The van der Waals surface area contributed by atoms with Crippen molar-refractivity contribution in [2.24, 2.45) is 0 Å². The number of hydrogen-bond donors (Lipinski definition) is 0. The Morgan fingerprint density at radius 2 is 0.561 bits per heavy atom. The SMILES string of the molecule is CC(C)(C)[PH+](c1ccc(C(F)(F)F)cc1)C(C)(C)C.CC(C)(C)[PH+](c1ccc(C(F)(F)F)cc1)C(C)(C)C.[Cl-].[Cl-].[Pd+2]. The van der Waals surface area contributed by atoms with Crippen LogP contribution in [0.25, 0.3) is 0 Å². The summed E-state index contributed by atoms with van der Waals surface area (Å²) in [4.78, 5) is 0. The van der Waals surface area contributed by atoms with Gasteiger partial charge in [-0.15, -0.1) is 0 Å². The second kappa shape index (κ2) is 15.9. The third-order valence-electron chi connectivity index (χ3n) is 6.00. The summed E-state index contributed by atoms with van der Waals surface area (Å²) in [5.41, 5.74) is -1.14. The Balaban J connectivity index is -0.000000656. The van der Waals surface area contributed by atoms with Crippen LogP contribution in [0.4, 0.5) is 26.3 Å². The van der Waals surface area contributed by atoms with Crippen molar-refractivity contribution >= 4 is 26.5 Å². The molecule has 0 saturated carbocycles. The van der Waals surface area contributed by atoms with Crippen LogP contribution < -0.4 is 35.4 Å². The summed E-state index contributed by atoms with van der Waals surface area (Å²) in [6.07, 6.45) is -8.51. The molecule has 0 aromatic heterocycles. The van der Waals surface area contributed by atoms with Crippen LogP contribution in [0.3, 0.4) is 0 Å². The number of halogens is 8. The van der Waals surface area contributed by atoms with Crippen LogP contribution >= 0.6 is 15.8 Å². The number of alkyl halides is 6. The second-order valence-electron chi connectivity index (χ2n) is 13.9. The Morgan fingerprint density at radius 3 is 0.683 bits per heavy atom. The van der Waals surface area contributed by atoms with Gasteiger partial charge < -0.3 is 24.8 Å². The molecule has 0 radical (unpaired) electrons. The van der Waals surface area contributed by atoms with Gasteiger partial charge in [-0.2, -0.15) is 26.3 Å². The third kappa shape index (κ3) is 14.2. The minimum Gasteiger partial charge on any atom is -1.00 e.